The molecule has 2 bridgehead atoms. The van der Waals surface area contributed by atoms with Crippen molar-refractivity contribution >= 4 is 29.4 Å². The largest absolute Gasteiger partial charge is 0.426 e. The Kier molecular flexibility index (Phi) is 5.01. The summed E-state index contributed by atoms with van der Waals surface area (Å²) in [5.41, 5.74) is 1.54. The minimum absolute atomic E-state index is 0.0632. The smallest absolute Gasteiger partial charge is 0.316 e. The zero-order valence-corrected chi connectivity index (χ0v) is 18.8. The molecular weight excluding hydrogens is 432 g/mol. The van der Waals surface area contributed by atoms with Crippen molar-refractivity contribution in [2.75, 3.05) is 11.4 Å². The molecule has 0 spiro atoms. The summed E-state index contributed by atoms with van der Waals surface area (Å²) in [7, 11) is 0. The molecule has 6 rings (SSSR count). The summed E-state index contributed by atoms with van der Waals surface area (Å²) in [5.74, 6) is -0.522. The number of anilines is 1. The molecule has 2 aliphatic heterocycles. The number of benzene rings is 2. The molecule has 2 saturated heterocycles. The fourth-order valence-corrected chi connectivity index (χ4v) is 6.41. The van der Waals surface area contributed by atoms with E-state index in [1.165, 1.54) is 4.90 Å². The van der Waals surface area contributed by atoms with Crippen molar-refractivity contribution in [1.29, 1.82) is 0 Å². The summed E-state index contributed by atoms with van der Waals surface area (Å²) in [5, 5.41) is 0. The number of hydrogen-bond acceptors (Lipinski definition) is 5. The Morgan fingerprint density at radius 1 is 0.882 bits per heavy atom. The van der Waals surface area contributed by atoms with Crippen molar-refractivity contribution in [2.45, 2.75) is 32.2 Å². The number of hydrogen-bond donors (Lipinski definition) is 0. The van der Waals surface area contributed by atoms with E-state index in [1.54, 1.807) is 29.2 Å². The summed E-state index contributed by atoms with van der Waals surface area (Å²) < 4.78 is 5.53. The molecule has 4 aliphatic rings. The molecule has 4 fully saturated rings. The average molecular weight is 459 g/mol. The monoisotopic (exact) mass is 458 g/mol. The van der Waals surface area contributed by atoms with Gasteiger partial charge in [0, 0.05) is 19.5 Å². The highest BCUT2D eigenvalue weighted by atomic mass is 16.5. The van der Waals surface area contributed by atoms with Crippen molar-refractivity contribution in [3.05, 3.63) is 60.2 Å². The van der Waals surface area contributed by atoms with Crippen LogP contribution in [0, 0.1) is 29.6 Å². The number of fused-ring (bicyclic) bond motifs is 5. The molecule has 2 saturated carbocycles. The standard InChI is InChI=1S/C27H26N2O5/c30-22-13-19(15-28(22)14-16-4-2-1-3-5-16)27(33)34-21-10-8-20(9-11-21)29-25(31)23-17-6-7-18(12-17)24(23)26(29)32/h1-5,8-11,17-19,23-24H,6-7,12-15H2/t17-,18-,19+,23+,24+/m0/s1. The molecule has 0 radical (unpaired) electrons. The van der Waals surface area contributed by atoms with Crippen molar-refractivity contribution in [3.8, 4) is 5.75 Å². The first-order chi connectivity index (χ1) is 16.5. The van der Waals surface area contributed by atoms with Crippen LogP contribution in [0.2, 0.25) is 0 Å². The van der Waals surface area contributed by atoms with Crippen LogP contribution in [0.3, 0.4) is 0 Å². The second-order valence-corrected chi connectivity index (χ2v) is 9.97. The third-order valence-corrected chi connectivity index (χ3v) is 8.00. The molecule has 2 aromatic carbocycles. The van der Waals surface area contributed by atoms with Gasteiger partial charge < -0.3 is 9.64 Å². The van der Waals surface area contributed by atoms with E-state index >= 15 is 0 Å². The van der Waals surface area contributed by atoms with Gasteiger partial charge in [-0.3, -0.25) is 24.1 Å². The van der Waals surface area contributed by atoms with Crippen molar-refractivity contribution in [1.82, 2.24) is 4.90 Å². The lowest BCUT2D eigenvalue weighted by molar-refractivity contribution is -0.139. The molecule has 34 heavy (non-hydrogen) atoms. The topological polar surface area (TPSA) is 84.0 Å². The van der Waals surface area contributed by atoms with Gasteiger partial charge in [0.05, 0.1) is 23.4 Å². The number of nitrogens with zero attached hydrogens (tertiary/aromatic N) is 2. The highest BCUT2D eigenvalue weighted by Gasteiger charge is 2.61. The van der Waals surface area contributed by atoms with Crippen LogP contribution >= 0.6 is 0 Å². The van der Waals surface area contributed by atoms with Gasteiger partial charge in [0.15, 0.2) is 0 Å². The highest BCUT2D eigenvalue weighted by Crippen LogP contribution is 2.56. The third-order valence-electron chi connectivity index (χ3n) is 8.00. The van der Waals surface area contributed by atoms with Crippen LogP contribution in [0.5, 0.6) is 5.75 Å². The maximum atomic E-state index is 13.0. The zero-order chi connectivity index (χ0) is 23.4. The normalized spacial score (nSPS) is 29.8. The van der Waals surface area contributed by atoms with Crippen molar-refractivity contribution in [3.63, 3.8) is 0 Å². The Morgan fingerprint density at radius 2 is 1.53 bits per heavy atom. The Hall–Kier alpha value is -3.48. The molecule has 7 heteroatoms. The van der Waals surface area contributed by atoms with E-state index < -0.39 is 11.9 Å². The lowest BCUT2D eigenvalue weighted by Crippen LogP contribution is -2.32. The van der Waals surface area contributed by atoms with Crippen LogP contribution in [0.4, 0.5) is 5.69 Å². The fraction of sp³-hybridized carbons (Fsp3) is 0.407. The molecule has 5 atom stereocenters. The van der Waals surface area contributed by atoms with Crippen LogP contribution in [0.25, 0.3) is 0 Å². The number of ether oxygens (including phenoxy) is 1. The van der Waals surface area contributed by atoms with E-state index in [-0.39, 0.29) is 36.0 Å². The summed E-state index contributed by atoms with van der Waals surface area (Å²) in [6, 6.07) is 16.2. The van der Waals surface area contributed by atoms with E-state index in [4.69, 9.17) is 4.74 Å². The number of amides is 3. The number of carbonyl (C=O) groups is 4. The molecule has 2 aliphatic carbocycles. The predicted molar refractivity (Wildman–Crippen MR) is 122 cm³/mol. The third kappa shape index (κ3) is 3.42. The lowest BCUT2D eigenvalue weighted by Gasteiger charge is -2.19. The van der Waals surface area contributed by atoms with E-state index in [2.05, 4.69) is 0 Å². The van der Waals surface area contributed by atoms with Gasteiger partial charge in [-0.05, 0) is 60.9 Å². The van der Waals surface area contributed by atoms with Gasteiger partial charge in [-0.25, -0.2) is 0 Å². The first-order valence-corrected chi connectivity index (χ1v) is 12.0. The molecule has 174 valence electrons. The summed E-state index contributed by atoms with van der Waals surface area (Å²) >= 11 is 0. The Bertz CT molecular complexity index is 1130. The van der Waals surface area contributed by atoms with Crippen LogP contribution in [-0.4, -0.2) is 35.1 Å². The second-order valence-electron chi connectivity index (χ2n) is 9.97. The van der Waals surface area contributed by atoms with Gasteiger partial charge in [0.2, 0.25) is 17.7 Å². The van der Waals surface area contributed by atoms with Gasteiger partial charge in [-0.1, -0.05) is 30.3 Å². The molecule has 0 N–H and O–H groups in total. The summed E-state index contributed by atoms with van der Waals surface area (Å²) in [6.45, 7) is 0.798. The van der Waals surface area contributed by atoms with E-state index in [0.29, 0.717) is 36.4 Å². The first-order valence-electron chi connectivity index (χ1n) is 12.0. The zero-order valence-electron chi connectivity index (χ0n) is 18.8. The number of imide groups is 1. The van der Waals surface area contributed by atoms with Gasteiger partial charge in [-0.15, -0.1) is 0 Å². The molecule has 2 heterocycles. The van der Waals surface area contributed by atoms with Gasteiger partial charge in [0.25, 0.3) is 0 Å². The van der Waals surface area contributed by atoms with Crippen LogP contribution in [0.15, 0.2) is 54.6 Å². The van der Waals surface area contributed by atoms with E-state index in [0.717, 1.165) is 24.8 Å². The van der Waals surface area contributed by atoms with Crippen molar-refractivity contribution in [2.24, 2.45) is 29.6 Å². The Balaban J connectivity index is 1.09. The predicted octanol–water partition coefficient (Wildman–Crippen LogP) is 3.18. The lowest BCUT2D eigenvalue weighted by atomic mass is 9.81. The fourth-order valence-electron chi connectivity index (χ4n) is 6.41. The highest BCUT2D eigenvalue weighted by molar-refractivity contribution is 6.22. The maximum absolute atomic E-state index is 13.0. The summed E-state index contributed by atoms with van der Waals surface area (Å²) in [4.78, 5) is 54.1. The van der Waals surface area contributed by atoms with Gasteiger partial charge in [0.1, 0.15) is 5.75 Å². The Labute approximate surface area is 197 Å². The second kappa shape index (κ2) is 8.08. The molecule has 0 aromatic heterocycles. The van der Waals surface area contributed by atoms with Crippen molar-refractivity contribution < 1.29 is 23.9 Å². The average Bonchev–Trinajstić information content (AvgIpc) is 3.60. The van der Waals surface area contributed by atoms with E-state index in [9.17, 15) is 19.2 Å². The number of esters is 1. The SMILES string of the molecule is O=C(Oc1ccc(N2C(=O)[C@@H]3[C@H]4CC[C@@H](C4)[C@H]3C2=O)cc1)[C@@H]1CC(=O)N(Cc2ccccc2)C1. The van der Waals surface area contributed by atoms with E-state index in [1.807, 2.05) is 30.3 Å². The quantitative estimate of drug-likeness (QED) is 0.390. The van der Waals surface area contributed by atoms with Crippen LogP contribution in [0.1, 0.15) is 31.2 Å². The van der Waals surface area contributed by atoms with Crippen LogP contribution < -0.4 is 9.64 Å². The molecule has 7 nitrogen and oxygen atoms in total. The molecular formula is C27H26N2O5. The number of rotatable bonds is 5. The summed E-state index contributed by atoms with van der Waals surface area (Å²) in [6.07, 6.45) is 3.22. The number of carbonyl (C=O) groups excluding carboxylic acids is 4. The Morgan fingerprint density at radius 3 is 2.18 bits per heavy atom. The van der Waals surface area contributed by atoms with Gasteiger partial charge in [-0.2, -0.15) is 0 Å². The molecule has 0 unspecified atom stereocenters. The van der Waals surface area contributed by atoms with Crippen LogP contribution in [-0.2, 0) is 25.7 Å². The minimum Gasteiger partial charge on any atom is -0.426 e. The molecule has 2 aromatic rings. The first kappa shape index (κ1) is 21.1. The molecule has 3 amide bonds. The number of likely N-dealkylation sites (tertiary alicyclic amines) is 1. The maximum Gasteiger partial charge on any atom is 0.316 e. The minimum atomic E-state index is -0.521. The van der Waals surface area contributed by atoms with Gasteiger partial charge >= 0.3 is 5.97 Å².